The molecule has 0 aliphatic heterocycles. The van der Waals surface area contributed by atoms with Crippen molar-refractivity contribution in [3.63, 3.8) is 0 Å². The van der Waals surface area contributed by atoms with E-state index in [0.29, 0.717) is 12.1 Å². The van der Waals surface area contributed by atoms with Crippen molar-refractivity contribution in [1.29, 1.82) is 0 Å². The summed E-state index contributed by atoms with van der Waals surface area (Å²) in [6.07, 6.45) is 6.42. The fourth-order valence-electron chi connectivity index (χ4n) is 1.65. The van der Waals surface area contributed by atoms with Crippen molar-refractivity contribution in [2.75, 3.05) is 0 Å². The lowest BCUT2D eigenvalue weighted by molar-refractivity contribution is 0.428. The largest absolute Gasteiger partial charge is 0.310 e. The minimum Gasteiger partial charge on any atom is -0.310 e. The molecule has 1 aromatic heterocycles. The van der Waals surface area contributed by atoms with E-state index in [9.17, 15) is 0 Å². The minimum absolute atomic E-state index is 0.529. The molecular weight excluding hydrogens is 186 g/mol. The molecule has 0 saturated heterocycles. The van der Waals surface area contributed by atoms with Gasteiger partial charge in [0.2, 0.25) is 0 Å². The Balaban J connectivity index is 2.55. The third-order valence-corrected chi connectivity index (χ3v) is 2.69. The number of hydrogen-bond donors (Lipinski definition) is 1. The van der Waals surface area contributed by atoms with E-state index in [2.05, 4.69) is 49.0 Å². The summed E-state index contributed by atoms with van der Waals surface area (Å²) in [6, 6.07) is 1.08. The van der Waals surface area contributed by atoms with Gasteiger partial charge in [-0.25, -0.2) is 0 Å². The lowest BCUT2D eigenvalue weighted by atomic mass is 10.2. The van der Waals surface area contributed by atoms with Crippen molar-refractivity contribution in [2.24, 2.45) is 0 Å². The molecule has 1 aromatic rings. The van der Waals surface area contributed by atoms with Gasteiger partial charge in [0.05, 0.1) is 12.2 Å². The van der Waals surface area contributed by atoms with Gasteiger partial charge in [0.25, 0.3) is 0 Å². The maximum atomic E-state index is 4.41. The first kappa shape index (κ1) is 12.2. The van der Waals surface area contributed by atoms with Crippen LogP contribution in [0.25, 0.3) is 0 Å². The molecule has 0 atom stereocenters. The molecule has 0 aliphatic carbocycles. The summed E-state index contributed by atoms with van der Waals surface area (Å²) in [5.41, 5.74) is 1.27. The zero-order chi connectivity index (χ0) is 11.3. The van der Waals surface area contributed by atoms with Gasteiger partial charge in [-0.2, -0.15) is 5.10 Å². The van der Waals surface area contributed by atoms with Gasteiger partial charge in [0.1, 0.15) is 0 Å². The molecule has 0 saturated carbocycles. The molecular formula is C12H23N3. The standard InChI is InChI=1S/C12H23N3/c1-5-12(6-2)15-9-11(8-14-15)7-13-10(3)4/h8-10,12-13H,5-7H2,1-4H3. The molecule has 1 N–H and O–H groups in total. The Kier molecular flexibility index (Phi) is 4.82. The Bertz CT molecular complexity index is 274. The summed E-state index contributed by atoms with van der Waals surface area (Å²) in [6.45, 7) is 9.65. The van der Waals surface area contributed by atoms with E-state index >= 15 is 0 Å². The molecule has 0 radical (unpaired) electrons. The highest BCUT2D eigenvalue weighted by molar-refractivity contribution is 5.04. The highest BCUT2D eigenvalue weighted by Crippen LogP contribution is 2.14. The van der Waals surface area contributed by atoms with Gasteiger partial charge >= 0.3 is 0 Å². The van der Waals surface area contributed by atoms with Gasteiger partial charge in [0.15, 0.2) is 0 Å². The van der Waals surface area contributed by atoms with E-state index in [1.165, 1.54) is 5.56 Å². The third-order valence-electron chi connectivity index (χ3n) is 2.69. The average Bonchev–Trinajstić information content (AvgIpc) is 2.65. The fraction of sp³-hybridized carbons (Fsp3) is 0.750. The predicted molar refractivity (Wildman–Crippen MR) is 63.8 cm³/mol. The molecule has 1 heterocycles. The van der Waals surface area contributed by atoms with Crippen molar-refractivity contribution >= 4 is 0 Å². The predicted octanol–water partition coefficient (Wildman–Crippen LogP) is 2.74. The topological polar surface area (TPSA) is 29.9 Å². The zero-order valence-corrected chi connectivity index (χ0v) is 10.3. The minimum atomic E-state index is 0.529. The van der Waals surface area contributed by atoms with Crippen LogP contribution in [0, 0.1) is 0 Å². The van der Waals surface area contributed by atoms with Gasteiger partial charge in [-0.1, -0.05) is 27.7 Å². The van der Waals surface area contributed by atoms with Crippen molar-refractivity contribution in [3.05, 3.63) is 18.0 Å². The second kappa shape index (κ2) is 5.91. The summed E-state index contributed by atoms with van der Waals surface area (Å²) in [4.78, 5) is 0. The molecule has 0 aromatic carbocycles. The summed E-state index contributed by atoms with van der Waals surface area (Å²) >= 11 is 0. The molecule has 3 heteroatoms. The Labute approximate surface area is 92.9 Å². The number of hydrogen-bond acceptors (Lipinski definition) is 2. The second-order valence-electron chi connectivity index (χ2n) is 4.33. The SMILES string of the molecule is CCC(CC)n1cc(CNC(C)C)cn1. The van der Waals surface area contributed by atoms with Gasteiger partial charge in [-0.15, -0.1) is 0 Å². The number of nitrogens with one attached hydrogen (secondary N) is 1. The molecule has 0 spiro atoms. The van der Waals surface area contributed by atoms with Gasteiger partial charge in [0, 0.05) is 24.3 Å². The van der Waals surface area contributed by atoms with E-state index in [1.54, 1.807) is 0 Å². The smallest absolute Gasteiger partial charge is 0.0534 e. The second-order valence-corrected chi connectivity index (χ2v) is 4.33. The van der Waals surface area contributed by atoms with Crippen LogP contribution in [-0.4, -0.2) is 15.8 Å². The first-order valence-electron chi connectivity index (χ1n) is 5.93. The van der Waals surface area contributed by atoms with Gasteiger partial charge < -0.3 is 5.32 Å². The van der Waals surface area contributed by atoms with Crippen LogP contribution in [0.4, 0.5) is 0 Å². The first-order valence-corrected chi connectivity index (χ1v) is 5.93. The molecule has 0 aliphatic rings. The van der Waals surface area contributed by atoms with Crippen molar-refractivity contribution in [1.82, 2.24) is 15.1 Å². The van der Waals surface area contributed by atoms with E-state index in [-0.39, 0.29) is 0 Å². The normalized spacial score (nSPS) is 11.6. The first-order chi connectivity index (χ1) is 7.17. The Morgan fingerprint density at radius 1 is 1.33 bits per heavy atom. The quantitative estimate of drug-likeness (QED) is 0.780. The van der Waals surface area contributed by atoms with Crippen LogP contribution in [-0.2, 0) is 6.54 Å². The highest BCUT2D eigenvalue weighted by atomic mass is 15.3. The number of nitrogens with zero attached hydrogens (tertiary/aromatic N) is 2. The van der Waals surface area contributed by atoms with Crippen LogP contribution < -0.4 is 5.32 Å². The van der Waals surface area contributed by atoms with E-state index < -0.39 is 0 Å². The summed E-state index contributed by atoms with van der Waals surface area (Å²) in [5, 5.41) is 7.81. The monoisotopic (exact) mass is 209 g/mol. The van der Waals surface area contributed by atoms with Crippen LogP contribution in [0.1, 0.15) is 52.1 Å². The van der Waals surface area contributed by atoms with Gasteiger partial charge in [-0.05, 0) is 12.8 Å². The molecule has 0 unspecified atom stereocenters. The van der Waals surface area contributed by atoms with Crippen LogP contribution in [0.15, 0.2) is 12.4 Å². The number of aromatic nitrogens is 2. The third kappa shape index (κ3) is 3.67. The van der Waals surface area contributed by atoms with Crippen LogP contribution in [0.5, 0.6) is 0 Å². The van der Waals surface area contributed by atoms with Crippen molar-refractivity contribution in [2.45, 2.75) is 59.2 Å². The lowest BCUT2D eigenvalue weighted by Gasteiger charge is -2.12. The fourth-order valence-corrected chi connectivity index (χ4v) is 1.65. The van der Waals surface area contributed by atoms with Crippen LogP contribution in [0.2, 0.25) is 0 Å². The lowest BCUT2D eigenvalue weighted by Crippen LogP contribution is -2.21. The van der Waals surface area contributed by atoms with Gasteiger partial charge in [-0.3, -0.25) is 4.68 Å². The van der Waals surface area contributed by atoms with E-state index in [0.717, 1.165) is 19.4 Å². The van der Waals surface area contributed by atoms with E-state index in [4.69, 9.17) is 0 Å². The van der Waals surface area contributed by atoms with Crippen molar-refractivity contribution < 1.29 is 0 Å². The maximum Gasteiger partial charge on any atom is 0.0534 e. The molecule has 0 bridgehead atoms. The summed E-state index contributed by atoms with van der Waals surface area (Å²) in [7, 11) is 0. The molecule has 15 heavy (non-hydrogen) atoms. The summed E-state index contributed by atoms with van der Waals surface area (Å²) < 4.78 is 2.09. The molecule has 0 fully saturated rings. The van der Waals surface area contributed by atoms with Crippen LogP contribution >= 0.6 is 0 Å². The zero-order valence-electron chi connectivity index (χ0n) is 10.3. The molecule has 0 amide bonds. The van der Waals surface area contributed by atoms with E-state index in [1.807, 2.05) is 6.20 Å². The Morgan fingerprint density at radius 3 is 2.53 bits per heavy atom. The maximum absolute atomic E-state index is 4.41. The highest BCUT2D eigenvalue weighted by Gasteiger charge is 2.07. The number of rotatable bonds is 6. The van der Waals surface area contributed by atoms with Crippen molar-refractivity contribution in [3.8, 4) is 0 Å². The Hall–Kier alpha value is -0.830. The summed E-state index contributed by atoms with van der Waals surface area (Å²) in [5.74, 6) is 0. The van der Waals surface area contributed by atoms with Crippen LogP contribution in [0.3, 0.4) is 0 Å². The Morgan fingerprint density at radius 2 is 2.00 bits per heavy atom. The molecule has 3 nitrogen and oxygen atoms in total. The molecule has 1 rings (SSSR count). The average molecular weight is 209 g/mol. The molecule has 86 valence electrons.